The number of amides is 1. The number of aromatic amines is 1. The molecule has 2 aromatic heterocycles. The molecule has 2 heterocycles. The molecule has 2 N–H and O–H groups in total. The summed E-state index contributed by atoms with van der Waals surface area (Å²) in [6, 6.07) is 15.6. The van der Waals surface area contributed by atoms with E-state index in [4.69, 9.17) is 0 Å². The van der Waals surface area contributed by atoms with E-state index in [0.29, 0.717) is 27.7 Å². The molecule has 7 nitrogen and oxygen atoms in total. The average Bonchev–Trinajstić information content (AvgIpc) is 2.71. The predicted octanol–water partition coefficient (Wildman–Crippen LogP) is 2.68. The maximum atomic E-state index is 13.3. The van der Waals surface area contributed by atoms with Crippen LogP contribution in [-0.2, 0) is 7.05 Å². The van der Waals surface area contributed by atoms with Crippen LogP contribution in [-0.4, -0.2) is 20.4 Å². The van der Waals surface area contributed by atoms with Crippen molar-refractivity contribution in [3.63, 3.8) is 0 Å². The van der Waals surface area contributed by atoms with Crippen LogP contribution < -0.4 is 16.6 Å². The summed E-state index contributed by atoms with van der Waals surface area (Å²) in [6.45, 7) is 0. The number of hydrogen-bond acceptors (Lipinski definition) is 4. The number of H-pyrrole nitrogens is 1. The van der Waals surface area contributed by atoms with Gasteiger partial charge in [0.2, 0.25) is 0 Å². The highest BCUT2D eigenvalue weighted by molar-refractivity contribution is 6.12. The Labute approximate surface area is 163 Å². The number of nitrogens with zero attached hydrogens (tertiary/aromatic N) is 2. The molecule has 0 atom stereocenters. The number of hydrogen-bond donors (Lipinski definition) is 2. The minimum absolute atomic E-state index is 0.0629. The fraction of sp³-hybridized carbons (Fsp3) is 0.0476. The zero-order valence-corrected chi connectivity index (χ0v) is 15.3. The molecule has 144 valence electrons. The maximum absolute atomic E-state index is 13.3. The molecule has 0 saturated carbocycles. The molecule has 1 amide bonds. The molecular weight excluding hydrogens is 375 g/mol. The Bertz CT molecular complexity index is 1360. The number of benzene rings is 2. The van der Waals surface area contributed by atoms with Crippen LogP contribution in [0, 0.1) is 5.82 Å². The number of aromatic nitrogens is 3. The van der Waals surface area contributed by atoms with Gasteiger partial charge in [0, 0.05) is 24.1 Å². The minimum Gasteiger partial charge on any atom is -0.308 e. The van der Waals surface area contributed by atoms with Gasteiger partial charge in [-0.05, 0) is 36.4 Å². The van der Waals surface area contributed by atoms with Crippen molar-refractivity contribution in [2.24, 2.45) is 7.05 Å². The summed E-state index contributed by atoms with van der Waals surface area (Å²) in [4.78, 5) is 43.1. The molecule has 0 bridgehead atoms. The summed E-state index contributed by atoms with van der Waals surface area (Å²) < 4.78 is 14.4. The second kappa shape index (κ2) is 7.16. The first kappa shape index (κ1) is 18.3. The first-order chi connectivity index (χ1) is 13.9. The zero-order chi connectivity index (χ0) is 20.5. The van der Waals surface area contributed by atoms with Crippen molar-refractivity contribution in [2.75, 3.05) is 5.32 Å². The number of carbonyl (C=O) groups excluding carboxylic acids is 1. The lowest BCUT2D eigenvalue weighted by molar-refractivity contribution is 0.102. The maximum Gasteiger partial charge on any atom is 0.329 e. The van der Waals surface area contributed by atoms with Gasteiger partial charge in [-0.15, -0.1) is 0 Å². The van der Waals surface area contributed by atoms with E-state index in [-0.39, 0.29) is 11.6 Å². The molecule has 0 fully saturated rings. The van der Waals surface area contributed by atoms with Gasteiger partial charge in [-0.1, -0.05) is 18.2 Å². The average molecular weight is 390 g/mol. The Morgan fingerprint density at radius 3 is 2.55 bits per heavy atom. The van der Waals surface area contributed by atoms with Crippen molar-refractivity contribution in [2.45, 2.75) is 0 Å². The molecule has 0 saturated heterocycles. The van der Waals surface area contributed by atoms with E-state index in [1.807, 2.05) is 0 Å². The van der Waals surface area contributed by atoms with E-state index in [2.05, 4.69) is 15.3 Å². The molecule has 4 rings (SSSR count). The van der Waals surface area contributed by atoms with Crippen molar-refractivity contribution in [1.82, 2.24) is 14.5 Å². The highest BCUT2D eigenvalue weighted by Gasteiger charge is 2.16. The van der Waals surface area contributed by atoms with Crippen LogP contribution in [0.15, 0.2) is 70.3 Å². The van der Waals surface area contributed by atoms with Crippen LogP contribution in [0.25, 0.3) is 22.2 Å². The topological polar surface area (TPSA) is 96.8 Å². The molecule has 0 aliphatic carbocycles. The van der Waals surface area contributed by atoms with Gasteiger partial charge >= 0.3 is 5.69 Å². The number of rotatable bonds is 3. The third-order valence-electron chi connectivity index (χ3n) is 4.51. The van der Waals surface area contributed by atoms with Crippen LogP contribution in [0.3, 0.4) is 0 Å². The summed E-state index contributed by atoms with van der Waals surface area (Å²) in [7, 11) is 1.43. The summed E-state index contributed by atoms with van der Waals surface area (Å²) in [5.41, 5.74) is 0.778. The summed E-state index contributed by atoms with van der Waals surface area (Å²) in [6.07, 6.45) is 0. The van der Waals surface area contributed by atoms with E-state index >= 15 is 0 Å². The summed E-state index contributed by atoms with van der Waals surface area (Å²) in [5.74, 6) is -0.816. The molecule has 0 aliphatic rings. The molecule has 4 aromatic rings. The van der Waals surface area contributed by atoms with Crippen LogP contribution >= 0.6 is 0 Å². The Hall–Kier alpha value is -4.07. The lowest BCUT2D eigenvalue weighted by Gasteiger charge is -2.12. The van der Waals surface area contributed by atoms with Crippen molar-refractivity contribution >= 4 is 22.6 Å². The van der Waals surface area contributed by atoms with Gasteiger partial charge in [0.25, 0.3) is 11.5 Å². The lowest BCUT2D eigenvalue weighted by atomic mass is 10.0. The highest BCUT2D eigenvalue weighted by Crippen LogP contribution is 2.25. The van der Waals surface area contributed by atoms with Gasteiger partial charge in [0.15, 0.2) is 0 Å². The minimum atomic E-state index is -0.639. The largest absolute Gasteiger partial charge is 0.329 e. The lowest BCUT2D eigenvalue weighted by Crippen LogP contribution is -2.31. The number of fused-ring (bicyclic) bond motifs is 1. The fourth-order valence-corrected chi connectivity index (χ4v) is 2.99. The quantitative estimate of drug-likeness (QED) is 0.562. The molecule has 29 heavy (non-hydrogen) atoms. The number of nitrogens with one attached hydrogen (secondary N) is 2. The van der Waals surface area contributed by atoms with Gasteiger partial charge in [0.05, 0.1) is 16.8 Å². The van der Waals surface area contributed by atoms with E-state index in [1.165, 1.54) is 19.2 Å². The van der Waals surface area contributed by atoms with Gasteiger partial charge < -0.3 is 5.32 Å². The predicted molar refractivity (Wildman–Crippen MR) is 107 cm³/mol. The molecule has 2 aromatic carbocycles. The van der Waals surface area contributed by atoms with Crippen molar-refractivity contribution in [3.05, 3.63) is 92.9 Å². The van der Waals surface area contributed by atoms with E-state index in [9.17, 15) is 18.8 Å². The molecule has 0 unspecified atom stereocenters. The number of pyridine rings is 1. The number of para-hydroxylation sites is 1. The second-order valence-electron chi connectivity index (χ2n) is 6.42. The van der Waals surface area contributed by atoms with Crippen LogP contribution in [0.5, 0.6) is 0 Å². The van der Waals surface area contributed by atoms with Crippen molar-refractivity contribution in [3.8, 4) is 11.3 Å². The Balaban J connectivity index is 1.84. The van der Waals surface area contributed by atoms with Crippen molar-refractivity contribution < 1.29 is 9.18 Å². The van der Waals surface area contributed by atoms with E-state index in [1.54, 1.807) is 42.5 Å². The second-order valence-corrected chi connectivity index (χ2v) is 6.42. The zero-order valence-electron chi connectivity index (χ0n) is 15.3. The number of carbonyl (C=O) groups is 1. The van der Waals surface area contributed by atoms with Gasteiger partial charge in [0.1, 0.15) is 11.6 Å². The fourth-order valence-electron chi connectivity index (χ4n) is 2.99. The standard InChI is InChI=1S/C21H15FN4O3/c1-26-18(11-19(27)25-21(26)29)24-20(28)15-10-17(12-6-8-13(22)9-7-12)23-16-5-3-2-4-14(15)16/h2-11H,1H3,(H,24,28)(H,25,27,29). The van der Waals surface area contributed by atoms with Gasteiger partial charge in [-0.25, -0.2) is 14.2 Å². The third kappa shape index (κ3) is 3.55. The normalized spacial score (nSPS) is 10.8. The van der Waals surface area contributed by atoms with Gasteiger partial charge in [-0.2, -0.15) is 0 Å². The van der Waals surface area contributed by atoms with E-state index in [0.717, 1.165) is 10.6 Å². The summed E-state index contributed by atoms with van der Waals surface area (Å²) >= 11 is 0. The van der Waals surface area contributed by atoms with Crippen LogP contribution in [0.4, 0.5) is 10.2 Å². The monoisotopic (exact) mass is 390 g/mol. The first-order valence-electron chi connectivity index (χ1n) is 8.70. The van der Waals surface area contributed by atoms with Crippen LogP contribution in [0.2, 0.25) is 0 Å². The third-order valence-corrected chi connectivity index (χ3v) is 4.51. The summed E-state index contributed by atoms with van der Waals surface area (Å²) in [5, 5.41) is 3.21. The molecule has 0 spiro atoms. The smallest absolute Gasteiger partial charge is 0.308 e. The Morgan fingerprint density at radius 1 is 1.07 bits per heavy atom. The number of anilines is 1. The molecule has 0 aliphatic heterocycles. The van der Waals surface area contributed by atoms with Crippen molar-refractivity contribution in [1.29, 1.82) is 0 Å². The van der Waals surface area contributed by atoms with E-state index < -0.39 is 17.2 Å². The molecule has 8 heteroatoms. The first-order valence-corrected chi connectivity index (χ1v) is 8.70. The number of halogens is 1. The van der Waals surface area contributed by atoms with Crippen LogP contribution in [0.1, 0.15) is 10.4 Å². The SMILES string of the molecule is Cn1c(NC(=O)c2cc(-c3ccc(F)cc3)nc3ccccc23)cc(=O)[nH]c1=O. The van der Waals surface area contributed by atoms with Gasteiger partial charge in [-0.3, -0.25) is 19.1 Å². The molecular formula is C21H15FN4O3. The molecule has 0 radical (unpaired) electrons. The highest BCUT2D eigenvalue weighted by atomic mass is 19.1. The Kier molecular flexibility index (Phi) is 4.52. The Morgan fingerprint density at radius 2 is 1.79 bits per heavy atom.